The summed E-state index contributed by atoms with van der Waals surface area (Å²) in [6.45, 7) is 2.52. The SMILES string of the molecule is O=C(CN1CCN(C(=O)[C@H]2CCCO2)CC1)Nc1ccc(F)c(F)c1F. The van der Waals surface area contributed by atoms with Crippen molar-refractivity contribution in [1.29, 1.82) is 0 Å². The van der Waals surface area contributed by atoms with Crippen LogP contribution < -0.4 is 5.32 Å². The number of amides is 2. The van der Waals surface area contributed by atoms with Crippen LogP contribution in [0.3, 0.4) is 0 Å². The van der Waals surface area contributed by atoms with Crippen LogP contribution in [0.25, 0.3) is 0 Å². The Morgan fingerprint density at radius 1 is 1.12 bits per heavy atom. The number of nitrogens with zero attached hydrogens (tertiary/aromatic N) is 2. The number of hydrogen-bond acceptors (Lipinski definition) is 4. The van der Waals surface area contributed by atoms with Gasteiger partial charge in [0.15, 0.2) is 17.5 Å². The zero-order chi connectivity index (χ0) is 18.7. The van der Waals surface area contributed by atoms with E-state index >= 15 is 0 Å². The molecule has 142 valence electrons. The van der Waals surface area contributed by atoms with Gasteiger partial charge in [0.1, 0.15) is 6.10 Å². The molecule has 1 aromatic carbocycles. The van der Waals surface area contributed by atoms with Gasteiger partial charge in [-0.3, -0.25) is 14.5 Å². The second kappa shape index (κ2) is 8.05. The second-order valence-corrected chi connectivity index (χ2v) is 6.37. The van der Waals surface area contributed by atoms with Crippen molar-refractivity contribution >= 4 is 17.5 Å². The van der Waals surface area contributed by atoms with Gasteiger partial charge in [-0.2, -0.15) is 0 Å². The number of halogens is 3. The van der Waals surface area contributed by atoms with E-state index in [9.17, 15) is 22.8 Å². The van der Waals surface area contributed by atoms with E-state index in [1.165, 1.54) is 0 Å². The van der Waals surface area contributed by atoms with Gasteiger partial charge in [0, 0.05) is 32.8 Å². The van der Waals surface area contributed by atoms with Gasteiger partial charge in [0.25, 0.3) is 5.91 Å². The molecule has 2 fully saturated rings. The lowest BCUT2D eigenvalue weighted by Crippen LogP contribution is -2.52. The Labute approximate surface area is 148 Å². The maximum absolute atomic E-state index is 13.6. The number of anilines is 1. The lowest BCUT2D eigenvalue weighted by atomic mass is 10.2. The van der Waals surface area contributed by atoms with Crippen LogP contribution in [-0.4, -0.2) is 67.0 Å². The Morgan fingerprint density at radius 3 is 2.50 bits per heavy atom. The summed E-state index contributed by atoms with van der Waals surface area (Å²) in [6.07, 6.45) is 1.26. The summed E-state index contributed by atoms with van der Waals surface area (Å²) in [7, 11) is 0. The summed E-state index contributed by atoms with van der Waals surface area (Å²) in [5.41, 5.74) is -0.402. The first kappa shape index (κ1) is 18.7. The highest BCUT2D eigenvalue weighted by Gasteiger charge is 2.30. The van der Waals surface area contributed by atoms with E-state index in [1.54, 1.807) is 4.90 Å². The van der Waals surface area contributed by atoms with Crippen molar-refractivity contribution < 1.29 is 27.5 Å². The Kier molecular flexibility index (Phi) is 5.77. The molecule has 9 heteroatoms. The van der Waals surface area contributed by atoms with Gasteiger partial charge in [-0.25, -0.2) is 13.2 Å². The van der Waals surface area contributed by atoms with Gasteiger partial charge in [0.2, 0.25) is 5.91 Å². The fraction of sp³-hybridized carbons (Fsp3) is 0.529. The quantitative estimate of drug-likeness (QED) is 0.812. The first-order valence-corrected chi connectivity index (χ1v) is 8.52. The number of benzene rings is 1. The van der Waals surface area contributed by atoms with E-state index in [0.29, 0.717) is 32.8 Å². The molecular weight excluding hydrogens is 351 g/mol. The molecule has 26 heavy (non-hydrogen) atoms. The monoisotopic (exact) mass is 371 g/mol. The lowest BCUT2D eigenvalue weighted by Gasteiger charge is -2.35. The summed E-state index contributed by atoms with van der Waals surface area (Å²) in [5, 5.41) is 2.24. The van der Waals surface area contributed by atoms with Crippen molar-refractivity contribution in [2.24, 2.45) is 0 Å². The van der Waals surface area contributed by atoms with Crippen LogP contribution in [0, 0.1) is 17.5 Å². The van der Waals surface area contributed by atoms with Gasteiger partial charge in [-0.1, -0.05) is 0 Å². The number of ether oxygens (including phenoxy) is 1. The third-order valence-electron chi connectivity index (χ3n) is 4.57. The summed E-state index contributed by atoms with van der Waals surface area (Å²) < 4.78 is 45.1. The van der Waals surface area contributed by atoms with Crippen LogP contribution in [-0.2, 0) is 14.3 Å². The molecule has 0 bridgehead atoms. The highest BCUT2D eigenvalue weighted by Crippen LogP contribution is 2.20. The van der Waals surface area contributed by atoms with Gasteiger partial charge in [0.05, 0.1) is 12.2 Å². The van der Waals surface area contributed by atoms with E-state index in [-0.39, 0.29) is 18.6 Å². The molecule has 2 heterocycles. The molecule has 0 radical (unpaired) electrons. The minimum absolute atomic E-state index is 0.0181. The summed E-state index contributed by atoms with van der Waals surface area (Å²) in [5.74, 6) is -4.91. The summed E-state index contributed by atoms with van der Waals surface area (Å²) in [6, 6.07) is 1.73. The third-order valence-corrected chi connectivity index (χ3v) is 4.57. The molecule has 1 aromatic rings. The van der Waals surface area contributed by atoms with Gasteiger partial charge >= 0.3 is 0 Å². The average Bonchev–Trinajstić information content (AvgIpc) is 3.17. The van der Waals surface area contributed by atoms with Crippen molar-refractivity contribution in [1.82, 2.24) is 9.80 Å². The van der Waals surface area contributed by atoms with Crippen LogP contribution in [0.15, 0.2) is 12.1 Å². The predicted molar refractivity (Wildman–Crippen MR) is 86.9 cm³/mol. The number of carbonyl (C=O) groups is 2. The van der Waals surface area contributed by atoms with E-state index < -0.39 is 29.0 Å². The van der Waals surface area contributed by atoms with Crippen molar-refractivity contribution in [2.45, 2.75) is 18.9 Å². The van der Waals surface area contributed by atoms with Gasteiger partial charge in [-0.05, 0) is 25.0 Å². The van der Waals surface area contributed by atoms with E-state index in [2.05, 4.69) is 5.32 Å². The van der Waals surface area contributed by atoms with E-state index in [1.807, 2.05) is 4.90 Å². The molecule has 0 saturated carbocycles. The molecule has 1 atom stereocenters. The zero-order valence-corrected chi connectivity index (χ0v) is 14.1. The molecule has 1 N–H and O–H groups in total. The smallest absolute Gasteiger partial charge is 0.251 e. The minimum Gasteiger partial charge on any atom is -0.368 e. The number of nitrogens with one attached hydrogen (secondary N) is 1. The Bertz CT molecular complexity index is 687. The largest absolute Gasteiger partial charge is 0.368 e. The Balaban J connectivity index is 1.47. The molecule has 0 aromatic heterocycles. The number of piperazine rings is 1. The normalized spacial score (nSPS) is 21.0. The molecule has 2 saturated heterocycles. The Hall–Kier alpha value is -2.13. The molecule has 0 unspecified atom stereocenters. The van der Waals surface area contributed by atoms with Crippen molar-refractivity contribution in [3.8, 4) is 0 Å². The Morgan fingerprint density at radius 2 is 1.85 bits per heavy atom. The molecule has 0 aliphatic carbocycles. The molecular formula is C17H20F3N3O3. The lowest BCUT2D eigenvalue weighted by molar-refractivity contribution is -0.142. The molecule has 3 rings (SSSR count). The number of carbonyl (C=O) groups excluding carboxylic acids is 2. The van der Waals surface area contributed by atoms with Gasteiger partial charge < -0.3 is 15.0 Å². The van der Waals surface area contributed by atoms with Crippen LogP contribution in [0.1, 0.15) is 12.8 Å². The second-order valence-electron chi connectivity index (χ2n) is 6.37. The molecule has 2 aliphatic heterocycles. The molecule has 6 nitrogen and oxygen atoms in total. The molecule has 0 spiro atoms. The minimum atomic E-state index is -1.62. The standard InChI is InChI=1S/C17H20F3N3O3/c18-11-3-4-12(16(20)15(11)19)21-14(24)10-22-5-7-23(8-6-22)17(25)13-2-1-9-26-13/h3-4,13H,1-2,5-10H2,(H,21,24)/t13-/m1/s1. The third kappa shape index (κ3) is 4.16. The van der Waals surface area contributed by atoms with Gasteiger partial charge in [-0.15, -0.1) is 0 Å². The van der Waals surface area contributed by atoms with Crippen LogP contribution >= 0.6 is 0 Å². The zero-order valence-electron chi connectivity index (χ0n) is 14.1. The van der Waals surface area contributed by atoms with Crippen molar-refractivity contribution in [3.05, 3.63) is 29.6 Å². The van der Waals surface area contributed by atoms with Crippen LogP contribution in [0.2, 0.25) is 0 Å². The highest BCUT2D eigenvalue weighted by atomic mass is 19.2. The van der Waals surface area contributed by atoms with E-state index in [4.69, 9.17) is 4.74 Å². The highest BCUT2D eigenvalue weighted by molar-refractivity contribution is 5.92. The van der Waals surface area contributed by atoms with Crippen molar-refractivity contribution in [3.63, 3.8) is 0 Å². The fourth-order valence-electron chi connectivity index (χ4n) is 3.12. The van der Waals surface area contributed by atoms with E-state index in [0.717, 1.165) is 25.0 Å². The maximum Gasteiger partial charge on any atom is 0.251 e. The number of hydrogen-bond donors (Lipinski definition) is 1. The maximum atomic E-state index is 13.6. The molecule has 2 aliphatic rings. The topological polar surface area (TPSA) is 61.9 Å². The van der Waals surface area contributed by atoms with Crippen LogP contribution in [0.5, 0.6) is 0 Å². The molecule has 2 amide bonds. The van der Waals surface area contributed by atoms with Crippen molar-refractivity contribution in [2.75, 3.05) is 44.6 Å². The first-order chi connectivity index (χ1) is 12.5. The fourth-order valence-corrected chi connectivity index (χ4v) is 3.12. The predicted octanol–water partition coefficient (Wildman–Crippen LogP) is 1.37. The number of rotatable bonds is 4. The average molecular weight is 371 g/mol. The summed E-state index contributed by atoms with van der Waals surface area (Å²) >= 11 is 0. The first-order valence-electron chi connectivity index (χ1n) is 8.52. The van der Waals surface area contributed by atoms with Crippen LogP contribution in [0.4, 0.5) is 18.9 Å². The summed E-state index contributed by atoms with van der Waals surface area (Å²) in [4.78, 5) is 27.8.